The maximum atomic E-state index is 12.9. The van der Waals surface area contributed by atoms with Gasteiger partial charge in [-0.05, 0) is 36.6 Å². The van der Waals surface area contributed by atoms with Gasteiger partial charge in [-0.25, -0.2) is 0 Å². The number of aromatic nitrogens is 3. The van der Waals surface area contributed by atoms with Crippen molar-refractivity contribution in [1.82, 2.24) is 25.4 Å². The third-order valence-electron chi connectivity index (χ3n) is 5.60. The molecule has 0 radical (unpaired) electrons. The van der Waals surface area contributed by atoms with E-state index in [2.05, 4.69) is 20.7 Å². The van der Waals surface area contributed by atoms with E-state index in [-0.39, 0.29) is 30.3 Å². The molecule has 2 heterocycles. The number of aromatic amines is 1. The lowest BCUT2D eigenvalue weighted by molar-refractivity contribution is -0.126. The fourth-order valence-electron chi connectivity index (χ4n) is 4.10. The fourth-order valence-corrected chi connectivity index (χ4v) is 4.10. The van der Waals surface area contributed by atoms with Gasteiger partial charge < -0.3 is 15.6 Å². The number of carbonyl (C=O) groups excluding carboxylic acids is 2. The number of fused-ring (bicyclic) bond motifs is 1. The minimum atomic E-state index is -0.305. The third-order valence-corrected chi connectivity index (χ3v) is 5.60. The molecule has 1 aliphatic carbocycles. The molecule has 0 aliphatic heterocycles. The Kier molecular flexibility index (Phi) is 5.80. The summed E-state index contributed by atoms with van der Waals surface area (Å²) in [5.41, 5.74) is 2.45. The molecule has 1 aliphatic rings. The van der Waals surface area contributed by atoms with Crippen LogP contribution in [0.2, 0.25) is 0 Å². The molecule has 3 N–H and O–H groups in total. The molecule has 1 fully saturated rings. The van der Waals surface area contributed by atoms with E-state index in [1.807, 2.05) is 47.3 Å². The van der Waals surface area contributed by atoms with Crippen molar-refractivity contribution in [2.45, 2.75) is 38.3 Å². The van der Waals surface area contributed by atoms with E-state index in [0.29, 0.717) is 18.7 Å². The van der Waals surface area contributed by atoms with Gasteiger partial charge in [-0.2, -0.15) is 10.4 Å². The van der Waals surface area contributed by atoms with Gasteiger partial charge in [0.15, 0.2) is 0 Å². The monoisotopic (exact) mass is 404 g/mol. The van der Waals surface area contributed by atoms with Gasteiger partial charge in [-0.3, -0.25) is 14.3 Å². The number of nitriles is 1. The molecule has 2 aromatic heterocycles. The summed E-state index contributed by atoms with van der Waals surface area (Å²) >= 11 is 0. The van der Waals surface area contributed by atoms with Crippen LogP contribution in [0.4, 0.5) is 0 Å². The van der Waals surface area contributed by atoms with Gasteiger partial charge in [-0.1, -0.05) is 25.0 Å². The van der Waals surface area contributed by atoms with Crippen molar-refractivity contribution in [2.75, 3.05) is 6.54 Å². The summed E-state index contributed by atoms with van der Waals surface area (Å²) in [4.78, 5) is 28.4. The molecule has 3 aromatic rings. The number of rotatable bonds is 6. The largest absolute Gasteiger partial charge is 0.351 e. The molecular formula is C22H24N6O2. The highest BCUT2D eigenvalue weighted by molar-refractivity contribution is 5.98. The smallest absolute Gasteiger partial charge is 0.267 e. The first-order valence-corrected chi connectivity index (χ1v) is 10.2. The Hall–Kier alpha value is -3.60. The first-order valence-electron chi connectivity index (χ1n) is 10.2. The Balaban J connectivity index is 1.46. The highest BCUT2D eigenvalue weighted by Gasteiger charge is 2.32. The van der Waals surface area contributed by atoms with E-state index in [1.54, 1.807) is 6.20 Å². The van der Waals surface area contributed by atoms with E-state index in [9.17, 15) is 9.59 Å². The van der Waals surface area contributed by atoms with Gasteiger partial charge in [-0.15, -0.1) is 0 Å². The Bertz CT molecular complexity index is 1080. The molecule has 154 valence electrons. The van der Waals surface area contributed by atoms with Crippen molar-refractivity contribution in [3.63, 3.8) is 0 Å². The van der Waals surface area contributed by atoms with Crippen molar-refractivity contribution >= 4 is 22.7 Å². The second-order valence-electron chi connectivity index (χ2n) is 7.66. The summed E-state index contributed by atoms with van der Waals surface area (Å²) in [5.74, 6) is -0.688. The van der Waals surface area contributed by atoms with Gasteiger partial charge >= 0.3 is 0 Å². The number of hydrogen-bond acceptors (Lipinski definition) is 4. The topological polar surface area (TPSA) is 116 Å². The van der Waals surface area contributed by atoms with Gasteiger partial charge in [0.1, 0.15) is 12.2 Å². The number of carbonyl (C=O) groups is 2. The van der Waals surface area contributed by atoms with E-state index >= 15 is 0 Å². The number of amides is 2. The molecule has 0 saturated heterocycles. The normalized spacial score (nSPS) is 18.6. The van der Waals surface area contributed by atoms with Crippen molar-refractivity contribution in [1.29, 1.82) is 5.26 Å². The highest BCUT2D eigenvalue weighted by atomic mass is 16.2. The summed E-state index contributed by atoms with van der Waals surface area (Å²) in [7, 11) is 0. The van der Waals surface area contributed by atoms with Gasteiger partial charge in [0.25, 0.3) is 5.91 Å². The quantitative estimate of drug-likeness (QED) is 0.547. The van der Waals surface area contributed by atoms with Crippen LogP contribution in [0.1, 0.15) is 41.7 Å². The van der Waals surface area contributed by atoms with Crippen LogP contribution in [-0.4, -0.2) is 39.2 Å². The molecule has 8 heteroatoms. The van der Waals surface area contributed by atoms with Crippen molar-refractivity contribution in [3.8, 4) is 6.07 Å². The van der Waals surface area contributed by atoms with E-state index in [0.717, 1.165) is 35.7 Å². The van der Waals surface area contributed by atoms with Crippen molar-refractivity contribution in [3.05, 3.63) is 54.0 Å². The zero-order chi connectivity index (χ0) is 20.9. The average molecular weight is 404 g/mol. The fraction of sp³-hybridized carbons (Fsp3) is 0.364. The van der Waals surface area contributed by atoms with Crippen molar-refractivity contribution < 1.29 is 9.59 Å². The molecular weight excluding hydrogens is 380 g/mol. The molecule has 2 amide bonds. The molecule has 0 unspecified atom stereocenters. The zero-order valence-corrected chi connectivity index (χ0v) is 16.6. The van der Waals surface area contributed by atoms with Crippen LogP contribution in [0.5, 0.6) is 0 Å². The third kappa shape index (κ3) is 4.35. The van der Waals surface area contributed by atoms with Gasteiger partial charge in [0.05, 0.1) is 18.5 Å². The Morgan fingerprint density at radius 3 is 2.93 bits per heavy atom. The second kappa shape index (κ2) is 8.82. The van der Waals surface area contributed by atoms with Gasteiger partial charge in [0, 0.05) is 29.3 Å². The minimum absolute atomic E-state index is 0.0150. The summed E-state index contributed by atoms with van der Waals surface area (Å²) < 4.78 is 1.85. The number of hydrogen-bond donors (Lipinski definition) is 3. The predicted octanol–water partition coefficient (Wildman–Crippen LogP) is 2.34. The summed E-state index contributed by atoms with van der Waals surface area (Å²) in [5, 5.41) is 19.5. The SMILES string of the molecule is N#CCNC(=O)[C@@H]1CCCC[C@@H]1NC(=O)c1cc2ccc(Cn3cccn3)cc2[nH]1. The first-order chi connectivity index (χ1) is 14.6. The molecule has 0 spiro atoms. The molecule has 30 heavy (non-hydrogen) atoms. The first kappa shape index (κ1) is 19.7. The second-order valence-corrected chi connectivity index (χ2v) is 7.66. The van der Waals surface area contributed by atoms with Crippen LogP contribution in [0.3, 0.4) is 0 Å². The molecule has 0 bridgehead atoms. The summed E-state index contributed by atoms with van der Waals surface area (Å²) in [6.45, 7) is 0.643. The predicted molar refractivity (Wildman–Crippen MR) is 111 cm³/mol. The van der Waals surface area contributed by atoms with Gasteiger partial charge in [0.2, 0.25) is 5.91 Å². The standard InChI is InChI=1S/C22H24N6O2/c23-8-10-24-21(29)17-4-1-2-5-18(17)27-22(30)20-13-16-7-6-15(12-19(16)26-20)14-28-11-3-9-25-28/h3,6-7,9,11-13,17-18,26H,1-2,4-5,10,14H2,(H,24,29)(H,27,30)/t17-,18+/m1/s1. The van der Waals surface area contributed by atoms with Crippen LogP contribution in [0.15, 0.2) is 42.7 Å². The molecule has 8 nitrogen and oxygen atoms in total. The number of benzene rings is 1. The Labute approximate surface area is 174 Å². The zero-order valence-electron chi connectivity index (χ0n) is 16.6. The van der Waals surface area contributed by atoms with Crippen LogP contribution >= 0.6 is 0 Å². The van der Waals surface area contributed by atoms with E-state index in [1.165, 1.54) is 0 Å². The average Bonchev–Trinajstić information content (AvgIpc) is 3.42. The molecule has 4 rings (SSSR count). The lowest BCUT2D eigenvalue weighted by atomic mass is 9.83. The van der Waals surface area contributed by atoms with E-state index in [4.69, 9.17) is 5.26 Å². The number of H-pyrrole nitrogens is 1. The maximum Gasteiger partial charge on any atom is 0.267 e. The molecule has 1 saturated carbocycles. The summed E-state index contributed by atoms with van der Waals surface area (Å²) in [6, 6.07) is 11.4. The van der Waals surface area contributed by atoms with E-state index < -0.39 is 0 Å². The van der Waals surface area contributed by atoms with Crippen molar-refractivity contribution in [2.24, 2.45) is 5.92 Å². The highest BCUT2D eigenvalue weighted by Crippen LogP contribution is 2.25. The number of nitrogens with zero attached hydrogens (tertiary/aromatic N) is 3. The molecule has 2 atom stereocenters. The van der Waals surface area contributed by atoms with Crippen LogP contribution in [0, 0.1) is 17.2 Å². The summed E-state index contributed by atoms with van der Waals surface area (Å²) in [6.07, 6.45) is 7.04. The maximum absolute atomic E-state index is 12.9. The van der Waals surface area contributed by atoms with Crippen LogP contribution in [0.25, 0.3) is 10.9 Å². The molecule has 1 aromatic carbocycles. The lowest BCUT2D eigenvalue weighted by Gasteiger charge is -2.30. The van der Waals surface area contributed by atoms with Crippen LogP contribution < -0.4 is 10.6 Å². The Morgan fingerprint density at radius 1 is 1.27 bits per heavy atom. The lowest BCUT2D eigenvalue weighted by Crippen LogP contribution is -2.48. The van der Waals surface area contributed by atoms with Crippen LogP contribution in [-0.2, 0) is 11.3 Å². The Morgan fingerprint density at radius 2 is 2.13 bits per heavy atom. The number of nitrogens with one attached hydrogen (secondary N) is 3. The minimum Gasteiger partial charge on any atom is -0.351 e.